The van der Waals surface area contributed by atoms with Gasteiger partial charge < -0.3 is 4.74 Å². The van der Waals surface area contributed by atoms with Gasteiger partial charge in [-0.1, -0.05) is 42.5 Å². The second-order valence-corrected chi connectivity index (χ2v) is 7.24. The van der Waals surface area contributed by atoms with Crippen LogP contribution in [-0.2, 0) is 6.61 Å². The van der Waals surface area contributed by atoms with Crippen molar-refractivity contribution in [1.29, 1.82) is 0 Å². The van der Waals surface area contributed by atoms with Crippen LogP contribution in [0.1, 0.15) is 11.1 Å². The molecule has 0 unspecified atom stereocenters. The number of thiazole rings is 1. The van der Waals surface area contributed by atoms with Crippen LogP contribution in [0.2, 0.25) is 0 Å². The molecule has 0 saturated carbocycles. The van der Waals surface area contributed by atoms with Crippen LogP contribution in [0.5, 0.6) is 5.75 Å². The van der Waals surface area contributed by atoms with Crippen LogP contribution in [-0.4, -0.2) is 11.2 Å². The van der Waals surface area contributed by atoms with Gasteiger partial charge in [0.25, 0.3) is 0 Å². The summed E-state index contributed by atoms with van der Waals surface area (Å²) in [6, 6.07) is 20.4. The number of halogens is 2. The lowest BCUT2D eigenvalue weighted by Crippen LogP contribution is -1.99. The van der Waals surface area contributed by atoms with E-state index in [1.54, 1.807) is 18.2 Å². The lowest BCUT2D eigenvalue weighted by molar-refractivity contribution is 0.290. The van der Waals surface area contributed by atoms with E-state index < -0.39 is 5.82 Å². The first-order valence-electron chi connectivity index (χ1n) is 9.14. The highest BCUT2D eigenvalue weighted by molar-refractivity contribution is 7.14. The van der Waals surface area contributed by atoms with Gasteiger partial charge in [0.05, 0.1) is 11.9 Å². The molecule has 0 fully saturated rings. The minimum Gasteiger partial charge on any atom is -0.486 e. The summed E-state index contributed by atoms with van der Waals surface area (Å²) in [5.74, 6) is -0.778. The molecule has 0 saturated heterocycles. The van der Waals surface area contributed by atoms with E-state index in [2.05, 4.69) is 15.5 Å². The molecule has 0 aliphatic rings. The van der Waals surface area contributed by atoms with Crippen LogP contribution in [0.15, 0.2) is 83.3 Å². The van der Waals surface area contributed by atoms with Crippen LogP contribution in [0.25, 0.3) is 11.3 Å². The predicted octanol–water partition coefficient (Wildman–Crippen LogP) is 6.11. The Bertz CT molecular complexity index is 1160. The quantitative estimate of drug-likeness (QED) is 0.289. The highest BCUT2D eigenvalue weighted by Gasteiger charge is 2.06. The number of aromatic nitrogens is 1. The maximum atomic E-state index is 14.3. The molecule has 0 bridgehead atoms. The van der Waals surface area contributed by atoms with E-state index in [4.69, 9.17) is 4.74 Å². The molecule has 150 valence electrons. The summed E-state index contributed by atoms with van der Waals surface area (Å²) in [6.07, 6.45) is 1.50. The van der Waals surface area contributed by atoms with Crippen LogP contribution < -0.4 is 10.2 Å². The van der Waals surface area contributed by atoms with E-state index in [1.165, 1.54) is 41.8 Å². The van der Waals surface area contributed by atoms with Gasteiger partial charge in [-0.15, -0.1) is 11.3 Å². The van der Waals surface area contributed by atoms with Crippen molar-refractivity contribution < 1.29 is 13.5 Å². The molecule has 0 spiro atoms. The number of rotatable bonds is 7. The van der Waals surface area contributed by atoms with Gasteiger partial charge in [-0.3, -0.25) is 5.43 Å². The van der Waals surface area contributed by atoms with Gasteiger partial charge in [-0.25, -0.2) is 13.8 Å². The predicted molar refractivity (Wildman–Crippen MR) is 116 cm³/mol. The molecule has 0 atom stereocenters. The number of anilines is 1. The Morgan fingerprint density at radius 1 is 1.00 bits per heavy atom. The molecule has 30 heavy (non-hydrogen) atoms. The van der Waals surface area contributed by atoms with Gasteiger partial charge >= 0.3 is 0 Å². The number of hydrazone groups is 1. The van der Waals surface area contributed by atoms with E-state index >= 15 is 0 Å². The third-order valence-electron chi connectivity index (χ3n) is 4.19. The van der Waals surface area contributed by atoms with Crippen molar-refractivity contribution in [1.82, 2.24) is 4.98 Å². The number of nitrogens with one attached hydrogen (secondary N) is 1. The summed E-state index contributed by atoms with van der Waals surface area (Å²) in [6.45, 7) is 0.0808. The second kappa shape index (κ2) is 9.28. The van der Waals surface area contributed by atoms with E-state index in [-0.39, 0.29) is 18.2 Å². The Morgan fingerprint density at radius 3 is 2.67 bits per heavy atom. The van der Waals surface area contributed by atoms with E-state index in [9.17, 15) is 8.78 Å². The molecular weight excluding hydrogens is 404 g/mol. The molecule has 1 N–H and O–H groups in total. The van der Waals surface area contributed by atoms with Crippen molar-refractivity contribution in [2.45, 2.75) is 6.61 Å². The summed E-state index contributed by atoms with van der Waals surface area (Å²) in [5.41, 5.74) is 5.95. The summed E-state index contributed by atoms with van der Waals surface area (Å²) in [4.78, 5) is 4.48. The van der Waals surface area contributed by atoms with E-state index in [0.29, 0.717) is 16.3 Å². The molecule has 0 aliphatic carbocycles. The van der Waals surface area contributed by atoms with Gasteiger partial charge in [0, 0.05) is 10.9 Å². The molecule has 3 aromatic carbocycles. The third-order valence-corrected chi connectivity index (χ3v) is 4.93. The monoisotopic (exact) mass is 421 g/mol. The second-order valence-electron chi connectivity index (χ2n) is 6.38. The zero-order chi connectivity index (χ0) is 20.8. The van der Waals surface area contributed by atoms with Crippen LogP contribution >= 0.6 is 11.3 Å². The van der Waals surface area contributed by atoms with Gasteiger partial charge in [-0.05, 0) is 41.5 Å². The van der Waals surface area contributed by atoms with Gasteiger partial charge in [0.15, 0.2) is 11.6 Å². The summed E-state index contributed by atoms with van der Waals surface area (Å²) in [5, 5.41) is 6.70. The van der Waals surface area contributed by atoms with Crippen molar-refractivity contribution in [3.8, 4) is 17.0 Å². The van der Waals surface area contributed by atoms with E-state index in [1.807, 2.05) is 35.7 Å². The number of hydrogen-bond acceptors (Lipinski definition) is 5. The smallest absolute Gasteiger partial charge is 0.203 e. The van der Waals surface area contributed by atoms with Crippen LogP contribution in [0, 0.1) is 11.6 Å². The Hall–Kier alpha value is -3.58. The van der Waals surface area contributed by atoms with E-state index in [0.717, 1.165) is 11.3 Å². The van der Waals surface area contributed by atoms with Crippen LogP contribution in [0.3, 0.4) is 0 Å². The minimum absolute atomic E-state index is 0.0808. The Morgan fingerprint density at radius 2 is 1.87 bits per heavy atom. The summed E-state index contributed by atoms with van der Waals surface area (Å²) < 4.78 is 32.9. The van der Waals surface area contributed by atoms with Gasteiger partial charge in [-0.2, -0.15) is 5.10 Å². The van der Waals surface area contributed by atoms with Crippen LogP contribution in [0.4, 0.5) is 13.9 Å². The first kappa shape index (κ1) is 19.7. The number of ether oxygens (including phenoxy) is 1. The molecule has 1 aromatic heterocycles. The molecule has 0 aliphatic heterocycles. The molecule has 1 heterocycles. The lowest BCUT2D eigenvalue weighted by Gasteiger charge is -2.08. The Kier molecular flexibility index (Phi) is 6.10. The highest BCUT2D eigenvalue weighted by atomic mass is 32.1. The molecule has 4 rings (SSSR count). The fourth-order valence-electron chi connectivity index (χ4n) is 2.73. The average Bonchev–Trinajstić information content (AvgIpc) is 3.23. The molecule has 0 amide bonds. The fraction of sp³-hybridized carbons (Fsp3) is 0.0435. The highest BCUT2D eigenvalue weighted by Crippen LogP contribution is 2.24. The summed E-state index contributed by atoms with van der Waals surface area (Å²) >= 11 is 1.43. The third kappa shape index (κ3) is 5.07. The fourth-order valence-corrected chi connectivity index (χ4v) is 3.40. The Balaban J connectivity index is 1.35. The minimum atomic E-state index is -0.518. The van der Waals surface area contributed by atoms with Crippen molar-refractivity contribution >= 4 is 22.7 Å². The average molecular weight is 421 g/mol. The Labute approximate surface area is 176 Å². The van der Waals surface area contributed by atoms with Crippen molar-refractivity contribution in [2.24, 2.45) is 5.10 Å². The zero-order valence-corrected chi connectivity index (χ0v) is 16.6. The SMILES string of the molecule is Fc1cccc(COc2ccc(C=NNc3nc(-c4ccccc4)cs3)cc2F)c1. The molecule has 4 nitrogen and oxygen atoms in total. The van der Waals surface area contributed by atoms with Gasteiger partial charge in [0.2, 0.25) is 5.13 Å². The van der Waals surface area contributed by atoms with Crippen molar-refractivity contribution in [2.75, 3.05) is 5.43 Å². The maximum Gasteiger partial charge on any atom is 0.203 e. The number of benzene rings is 3. The topological polar surface area (TPSA) is 46.5 Å². The normalized spacial score (nSPS) is 11.0. The molecule has 7 heteroatoms. The molecule has 4 aromatic rings. The molecule has 0 radical (unpaired) electrons. The molecular formula is C23H17F2N3OS. The van der Waals surface area contributed by atoms with Crippen molar-refractivity contribution in [3.63, 3.8) is 0 Å². The van der Waals surface area contributed by atoms with Crippen molar-refractivity contribution in [3.05, 3.63) is 101 Å². The van der Waals surface area contributed by atoms with Gasteiger partial charge in [0.1, 0.15) is 12.4 Å². The summed E-state index contributed by atoms with van der Waals surface area (Å²) in [7, 11) is 0. The standard InChI is InChI=1S/C23H17F2N3OS/c24-19-8-4-5-17(11-19)14-29-22-10-9-16(12-20(22)25)13-26-28-23-27-21(15-30-23)18-6-2-1-3-7-18/h1-13,15H,14H2,(H,27,28). The maximum absolute atomic E-state index is 14.3. The number of hydrogen-bond donors (Lipinski definition) is 1. The zero-order valence-electron chi connectivity index (χ0n) is 15.8. The lowest BCUT2D eigenvalue weighted by atomic mass is 10.2. The first-order chi connectivity index (χ1) is 14.7. The largest absolute Gasteiger partial charge is 0.486 e. The first-order valence-corrected chi connectivity index (χ1v) is 10.0. The number of nitrogens with zero attached hydrogens (tertiary/aromatic N) is 2.